The van der Waals surface area contributed by atoms with E-state index >= 15 is 0 Å². The Labute approximate surface area is 341 Å². The van der Waals surface area contributed by atoms with Gasteiger partial charge < -0.3 is 37.2 Å². The van der Waals surface area contributed by atoms with Crippen LogP contribution < -0.4 is 0 Å². The molecule has 12 heteroatoms. The fourth-order valence-electron chi connectivity index (χ4n) is 8.18. The first-order valence-electron chi connectivity index (χ1n) is 21.2. The molecule has 0 radical (unpaired) electrons. The van der Waals surface area contributed by atoms with E-state index in [9.17, 15) is 0 Å². The molecule has 8 nitrogen and oxygen atoms in total. The van der Waals surface area contributed by atoms with E-state index in [2.05, 4.69) is 165 Å². The van der Waals surface area contributed by atoms with Crippen LogP contribution in [0.4, 0.5) is 0 Å². The number of aryl methyl sites for hydroxylation is 1. The number of hydrogen-bond acceptors (Lipinski definition) is 8. The third-order valence-electron chi connectivity index (χ3n) is 14.8. The molecule has 0 unspecified atom stereocenters. The van der Waals surface area contributed by atoms with E-state index in [-0.39, 0.29) is 17.5 Å². The zero-order chi connectivity index (χ0) is 41.3. The molecular weight excluding hydrogens is 700 g/mol. The lowest BCUT2D eigenvalue weighted by Crippen LogP contribution is -2.41. The number of benzene rings is 2. The molecule has 0 aliphatic carbocycles. The second kappa shape index (κ2) is 15.1. The molecule has 6 rings (SSSR count). The van der Waals surface area contributed by atoms with Crippen LogP contribution >= 0.6 is 0 Å². The molecule has 4 fully saturated rings. The van der Waals surface area contributed by atoms with Crippen molar-refractivity contribution in [3.8, 4) is 11.1 Å². The Morgan fingerprint density at radius 3 is 1.16 bits per heavy atom. The van der Waals surface area contributed by atoms with E-state index in [1.165, 1.54) is 16.7 Å². The summed E-state index contributed by atoms with van der Waals surface area (Å²) in [7, 11) is -1.74. The van der Waals surface area contributed by atoms with E-state index < -0.39 is 73.3 Å². The van der Waals surface area contributed by atoms with Gasteiger partial charge in [-0.2, -0.15) is 0 Å². The molecule has 4 saturated heterocycles. The average Bonchev–Trinajstić information content (AvgIpc) is 3.62. The van der Waals surface area contributed by atoms with Gasteiger partial charge in [0.1, 0.15) is 0 Å². The maximum atomic E-state index is 6.92. The maximum Gasteiger partial charge on any atom is 0.461 e. The number of rotatable bonds is 13. The predicted molar refractivity (Wildman–Crippen MR) is 230 cm³/mol. The lowest BCUT2D eigenvalue weighted by atomic mass is 9.51. The molecule has 56 heavy (non-hydrogen) atoms. The van der Waals surface area contributed by atoms with Gasteiger partial charge in [0.05, 0.1) is 44.8 Å². The van der Waals surface area contributed by atoms with E-state index in [0.29, 0.717) is 12.7 Å². The Kier molecular flexibility index (Phi) is 11.9. The smallest absolute Gasteiger partial charge is 0.403 e. The summed E-state index contributed by atoms with van der Waals surface area (Å²) in [6.45, 7) is 34.0. The van der Waals surface area contributed by atoms with Crippen LogP contribution in [0.1, 0.15) is 136 Å². The fourth-order valence-corrected chi connectivity index (χ4v) is 8.18. The molecular formula is C44H70B4O8. The van der Waals surface area contributed by atoms with Gasteiger partial charge in [-0.05, 0) is 164 Å². The van der Waals surface area contributed by atoms with Gasteiger partial charge in [-0.15, -0.1) is 0 Å². The first kappa shape index (κ1) is 43.9. The third kappa shape index (κ3) is 8.80. The highest BCUT2D eigenvalue weighted by Crippen LogP contribution is 2.52. The van der Waals surface area contributed by atoms with Crippen molar-refractivity contribution in [2.45, 2.75) is 205 Å². The van der Waals surface area contributed by atoms with Crippen molar-refractivity contribution < 1.29 is 37.2 Å². The molecule has 0 aromatic heterocycles. The quantitative estimate of drug-likeness (QED) is 0.187. The molecule has 0 amide bonds. The van der Waals surface area contributed by atoms with Gasteiger partial charge in [-0.3, -0.25) is 0 Å². The Bertz CT molecular complexity index is 1590. The van der Waals surface area contributed by atoms with Gasteiger partial charge >= 0.3 is 28.5 Å². The van der Waals surface area contributed by atoms with Crippen LogP contribution in [0.15, 0.2) is 54.6 Å². The fraction of sp³-hybridized carbons (Fsp3) is 0.727. The van der Waals surface area contributed by atoms with Crippen molar-refractivity contribution in [2.24, 2.45) is 0 Å². The highest BCUT2D eigenvalue weighted by atomic mass is 16.7. The molecule has 0 saturated carbocycles. The predicted octanol–water partition coefficient (Wildman–Crippen LogP) is 10.5. The summed E-state index contributed by atoms with van der Waals surface area (Å²) in [6, 6.07) is 19.5. The Hall–Kier alpha value is -1.62. The van der Waals surface area contributed by atoms with Crippen LogP contribution in [0.25, 0.3) is 11.1 Å². The summed E-state index contributed by atoms with van der Waals surface area (Å²) in [5.41, 5.74) is -0.0955. The Morgan fingerprint density at radius 1 is 0.393 bits per heavy atom. The second-order valence-electron chi connectivity index (χ2n) is 21.1. The summed E-state index contributed by atoms with van der Waals surface area (Å²) in [5, 5.41) is 0. The molecule has 4 heterocycles. The van der Waals surface area contributed by atoms with Gasteiger partial charge in [0.2, 0.25) is 0 Å². The van der Waals surface area contributed by atoms with Crippen LogP contribution in [0.5, 0.6) is 0 Å². The summed E-state index contributed by atoms with van der Waals surface area (Å²) >= 11 is 0. The van der Waals surface area contributed by atoms with Gasteiger partial charge in [-0.1, -0.05) is 67.4 Å². The van der Waals surface area contributed by atoms with Crippen LogP contribution in [0, 0.1) is 0 Å². The molecule has 306 valence electrons. The Balaban J connectivity index is 1.32. The molecule has 0 bridgehead atoms. The van der Waals surface area contributed by atoms with Crippen molar-refractivity contribution in [1.29, 1.82) is 0 Å². The van der Waals surface area contributed by atoms with Crippen molar-refractivity contribution in [1.82, 2.24) is 0 Å². The highest BCUT2D eigenvalue weighted by molar-refractivity contribution is 6.54. The monoisotopic (exact) mass is 771 g/mol. The summed E-state index contributed by atoms with van der Waals surface area (Å²) in [5.74, 6) is -0.0871. The topological polar surface area (TPSA) is 73.8 Å². The maximum absolute atomic E-state index is 6.92. The third-order valence-corrected chi connectivity index (χ3v) is 14.8. The standard InChI is InChI=1S/C44H70B4O8/c1-37(2)38(3,4)50-45(49-37)30-36(48-55-43(13,14)44(15,16)56-48)29-35(47-53-41(9,10)42(11,12)54-47)28-34(46-51-39(5,6)40(7,8)52-46)27-24-31-22-25-33(26-23-31)32-20-18-17-19-21-32/h17-23,25-26,34-36H,24,27-30H2,1-16H3/t34-,35+,36-/m0/s1. The van der Waals surface area contributed by atoms with E-state index in [0.717, 1.165) is 19.3 Å². The zero-order valence-electron chi connectivity index (χ0n) is 37.5. The lowest BCUT2D eigenvalue weighted by Gasteiger charge is -2.32. The van der Waals surface area contributed by atoms with Crippen molar-refractivity contribution >= 4 is 28.5 Å². The molecule has 0 N–H and O–H groups in total. The SMILES string of the molecule is CC1(C)OB(C[C@H](C[C@@H](C[C@H](CCc2ccc(-c3ccccc3)cc2)B2OC(C)(C)C(C)(C)O2)B2OC(C)(C)C(C)(C)O2)B2OC(C)(C)C(C)(C)O2)OC1(C)C. The van der Waals surface area contributed by atoms with Gasteiger partial charge in [0, 0.05) is 0 Å². The Morgan fingerprint density at radius 2 is 0.732 bits per heavy atom. The summed E-state index contributed by atoms with van der Waals surface area (Å²) < 4.78 is 54.5. The van der Waals surface area contributed by atoms with Crippen LogP contribution in [-0.2, 0) is 43.7 Å². The minimum absolute atomic E-state index is 0.0460. The first-order valence-corrected chi connectivity index (χ1v) is 21.2. The highest BCUT2D eigenvalue weighted by Gasteiger charge is 2.61. The normalized spacial score (nSPS) is 26.8. The largest absolute Gasteiger partial charge is 0.461 e. The van der Waals surface area contributed by atoms with Crippen molar-refractivity contribution in [2.75, 3.05) is 0 Å². The molecule has 2 aromatic rings. The van der Waals surface area contributed by atoms with Gasteiger partial charge in [-0.25, -0.2) is 0 Å². The molecule has 0 spiro atoms. The van der Waals surface area contributed by atoms with Gasteiger partial charge in [0.25, 0.3) is 0 Å². The summed E-state index contributed by atoms with van der Waals surface area (Å²) in [6.07, 6.45) is 3.83. The number of hydrogen-bond donors (Lipinski definition) is 0. The van der Waals surface area contributed by atoms with Crippen molar-refractivity contribution in [3.05, 3.63) is 60.2 Å². The van der Waals surface area contributed by atoms with Crippen LogP contribution in [0.3, 0.4) is 0 Å². The molecule has 4 aliphatic rings. The average molecular weight is 770 g/mol. The van der Waals surface area contributed by atoms with Crippen LogP contribution in [0.2, 0.25) is 23.8 Å². The minimum Gasteiger partial charge on any atom is -0.403 e. The van der Waals surface area contributed by atoms with Crippen LogP contribution in [-0.4, -0.2) is 73.3 Å². The first-order chi connectivity index (χ1) is 25.6. The van der Waals surface area contributed by atoms with Gasteiger partial charge in [0.15, 0.2) is 0 Å². The van der Waals surface area contributed by atoms with E-state index in [1.807, 2.05) is 0 Å². The molecule has 3 atom stereocenters. The second-order valence-corrected chi connectivity index (χ2v) is 21.1. The molecule has 4 aliphatic heterocycles. The summed E-state index contributed by atoms with van der Waals surface area (Å²) in [4.78, 5) is 0. The minimum atomic E-state index is -0.498. The molecule has 2 aromatic carbocycles. The van der Waals surface area contributed by atoms with E-state index in [4.69, 9.17) is 37.2 Å². The zero-order valence-corrected chi connectivity index (χ0v) is 37.5. The van der Waals surface area contributed by atoms with E-state index in [1.54, 1.807) is 0 Å². The lowest BCUT2D eigenvalue weighted by molar-refractivity contribution is 0.00578. The van der Waals surface area contributed by atoms with Crippen molar-refractivity contribution in [3.63, 3.8) is 0 Å².